The Morgan fingerprint density at radius 1 is 1.00 bits per heavy atom. The number of hydrogen-bond acceptors (Lipinski definition) is 4. The van der Waals surface area contributed by atoms with E-state index in [1.54, 1.807) is 32.0 Å². The average molecular weight is 460 g/mol. The second-order valence-corrected chi connectivity index (χ2v) is 7.49. The minimum atomic E-state index is -4.48. The second kappa shape index (κ2) is 9.76. The largest absolute Gasteiger partial charge is 0.484 e. The molecule has 0 unspecified atom stereocenters. The summed E-state index contributed by atoms with van der Waals surface area (Å²) in [6.07, 6.45) is -4.59. The molecule has 0 saturated carbocycles. The molecule has 0 bridgehead atoms. The van der Waals surface area contributed by atoms with Crippen LogP contribution in [0.2, 0.25) is 0 Å². The molecular formula is C23H23F3N4O3. The van der Waals surface area contributed by atoms with Crippen LogP contribution in [0, 0.1) is 20.8 Å². The SMILES string of the molecule is Cc1cccc(OCC(=O)NNC(=O)Cc2c(C)nn(-c3cccc(C(F)(F)F)c3)c2C)c1. The van der Waals surface area contributed by atoms with Crippen LogP contribution >= 0.6 is 0 Å². The van der Waals surface area contributed by atoms with Gasteiger partial charge in [0, 0.05) is 11.3 Å². The summed E-state index contributed by atoms with van der Waals surface area (Å²) in [5, 5.41) is 4.28. The number of aromatic nitrogens is 2. The number of nitrogens with one attached hydrogen (secondary N) is 2. The van der Waals surface area contributed by atoms with Crippen molar-refractivity contribution in [2.24, 2.45) is 0 Å². The number of rotatable bonds is 6. The Bertz CT molecular complexity index is 1170. The molecule has 1 aromatic heterocycles. The standard InChI is InChI=1S/C23H23F3N4O3/c1-14-6-4-9-19(10-14)33-13-22(32)28-27-21(31)12-20-15(2)29-30(16(20)3)18-8-5-7-17(11-18)23(24,25)26/h4-11H,12-13H2,1-3H3,(H,27,31)(H,28,32). The highest BCUT2D eigenvalue weighted by molar-refractivity contribution is 5.84. The minimum absolute atomic E-state index is 0.115. The van der Waals surface area contributed by atoms with Gasteiger partial charge in [-0.25, -0.2) is 4.68 Å². The molecule has 10 heteroatoms. The van der Waals surface area contributed by atoms with Crippen molar-refractivity contribution >= 4 is 11.8 Å². The van der Waals surface area contributed by atoms with Gasteiger partial charge in [-0.05, 0) is 56.7 Å². The molecule has 0 saturated heterocycles. The van der Waals surface area contributed by atoms with Crippen molar-refractivity contribution in [3.8, 4) is 11.4 Å². The Morgan fingerprint density at radius 3 is 2.39 bits per heavy atom. The first-order chi connectivity index (χ1) is 15.5. The van der Waals surface area contributed by atoms with Crippen molar-refractivity contribution in [2.45, 2.75) is 33.4 Å². The summed E-state index contributed by atoms with van der Waals surface area (Å²) in [4.78, 5) is 24.3. The molecule has 0 aliphatic rings. The molecule has 0 fully saturated rings. The Morgan fingerprint density at radius 2 is 1.70 bits per heavy atom. The Kier molecular flexibility index (Phi) is 7.05. The van der Waals surface area contributed by atoms with E-state index in [1.807, 2.05) is 13.0 Å². The molecule has 2 N–H and O–H groups in total. The van der Waals surface area contributed by atoms with E-state index >= 15 is 0 Å². The monoisotopic (exact) mass is 460 g/mol. The highest BCUT2D eigenvalue weighted by Gasteiger charge is 2.30. The first-order valence-corrected chi connectivity index (χ1v) is 10.0. The van der Waals surface area contributed by atoms with Crippen LogP contribution in [0.1, 0.15) is 28.1 Å². The van der Waals surface area contributed by atoms with E-state index in [-0.39, 0.29) is 18.7 Å². The average Bonchev–Trinajstić information content (AvgIpc) is 3.04. The maximum absolute atomic E-state index is 13.0. The number of amides is 2. The fraction of sp³-hybridized carbons (Fsp3) is 0.261. The van der Waals surface area contributed by atoms with Crippen molar-refractivity contribution in [3.05, 3.63) is 76.6 Å². The number of halogens is 3. The third kappa shape index (κ3) is 6.12. The highest BCUT2D eigenvalue weighted by Crippen LogP contribution is 2.30. The maximum atomic E-state index is 13.0. The minimum Gasteiger partial charge on any atom is -0.484 e. The zero-order chi connectivity index (χ0) is 24.2. The lowest BCUT2D eigenvalue weighted by molar-refractivity contribution is -0.137. The van der Waals surface area contributed by atoms with E-state index < -0.39 is 23.6 Å². The smallest absolute Gasteiger partial charge is 0.416 e. The van der Waals surface area contributed by atoms with Crippen molar-refractivity contribution < 1.29 is 27.5 Å². The van der Waals surface area contributed by atoms with Crippen LogP contribution in [0.5, 0.6) is 5.75 Å². The summed E-state index contributed by atoms with van der Waals surface area (Å²) in [5.41, 5.74) is 6.58. The van der Waals surface area contributed by atoms with Gasteiger partial charge in [-0.3, -0.25) is 20.4 Å². The van der Waals surface area contributed by atoms with Gasteiger partial charge in [-0.2, -0.15) is 18.3 Å². The molecule has 3 rings (SSSR count). The summed E-state index contributed by atoms with van der Waals surface area (Å²) in [6.45, 7) is 4.94. The fourth-order valence-corrected chi connectivity index (χ4v) is 3.23. The number of carbonyl (C=O) groups excluding carboxylic acids is 2. The van der Waals surface area contributed by atoms with E-state index in [0.717, 1.165) is 17.7 Å². The lowest BCUT2D eigenvalue weighted by Gasteiger charge is -2.11. The number of alkyl halides is 3. The number of benzene rings is 2. The first kappa shape index (κ1) is 23.8. The summed E-state index contributed by atoms with van der Waals surface area (Å²) < 4.78 is 45.8. The van der Waals surface area contributed by atoms with Crippen LogP contribution in [-0.2, 0) is 22.2 Å². The highest BCUT2D eigenvalue weighted by atomic mass is 19.4. The zero-order valence-electron chi connectivity index (χ0n) is 18.3. The molecular weight excluding hydrogens is 437 g/mol. The lowest BCUT2D eigenvalue weighted by atomic mass is 10.1. The van der Waals surface area contributed by atoms with E-state index in [4.69, 9.17) is 4.74 Å². The fourth-order valence-electron chi connectivity index (χ4n) is 3.23. The Hall–Kier alpha value is -3.82. The van der Waals surface area contributed by atoms with Gasteiger partial charge in [-0.15, -0.1) is 0 Å². The zero-order valence-corrected chi connectivity index (χ0v) is 18.3. The van der Waals surface area contributed by atoms with Gasteiger partial charge in [0.05, 0.1) is 23.4 Å². The van der Waals surface area contributed by atoms with Crippen molar-refractivity contribution in [2.75, 3.05) is 6.61 Å². The number of ether oxygens (including phenoxy) is 1. The molecule has 2 amide bonds. The van der Waals surface area contributed by atoms with Crippen LogP contribution in [0.3, 0.4) is 0 Å². The second-order valence-electron chi connectivity index (χ2n) is 7.49. The number of carbonyl (C=O) groups is 2. The molecule has 7 nitrogen and oxygen atoms in total. The van der Waals surface area contributed by atoms with E-state index in [2.05, 4.69) is 16.0 Å². The maximum Gasteiger partial charge on any atom is 0.416 e. The van der Waals surface area contributed by atoms with Gasteiger partial charge in [0.1, 0.15) is 5.75 Å². The van der Waals surface area contributed by atoms with Gasteiger partial charge in [0.2, 0.25) is 5.91 Å². The van der Waals surface area contributed by atoms with Gasteiger partial charge < -0.3 is 4.74 Å². The summed E-state index contributed by atoms with van der Waals surface area (Å²) in [5.74, 6) is -0.517. The van der Waals surface area contributed by atoms with Crippen molar-refractivity contribution in [1.82, 2.24) is 20.6 Å². The third-order valence-electron chi connectivity index (χ3n) is 4.90. The Balaban J connectivity index is 1.60. The molecule has 0 spiro atoms. The topological polar surface area (TPSA) is 85.2 Å². The van der Waals surface area contributed by atoms with Gasteiger partial charge >= 0.3 is 6.18 Å². The Labute approximate surface area is 188 Å². The predicted molar refractivity (Wildman–Crippen MR) is 115 cm³/mol. The predicted octanol–water partition coefficient (Wildman–Crippen LogP) is 3.59. The molecule has 1 heterocycles. The van der Waals surface area contributed by atoms with Crippen molar-refractivity contribution in [1.29, 1.82) is 0 Å². The molecule has 0 atom stereocenters. The van der Waals surface area contributed by atoms with Gasteiger partial charge in [0.25, 0.3) is 5.91 Å². The van der Waals surface area contributed by atoms with Crippen LogP contribution in [0.15, 0.2) is 48.5 Å². The molecule has 174 valence electrons. The van der Waals surface area contributed by atoms with Crippen LogP contribution < -0.4 is 15.6 Å². The molecule has 3 aromatic rings. The molecule has 0 aliphatic heterocycles. The van der Waals surface area contributed by atoms with Crippen molar-refractivity contribution in [3.63, 3.8) is 0 Å². The molecule has 2 aromatic carbocycles. The van der Waals surface area contributed by atoms with Crippen LogP contribution in [0.25, 0.3) is 5.69 Å². The van der Waals surface area contributed by atoms with E-state index in [1.165, 1.54) is 16.8 Å². The number of nitrogens with zero attached hydrogens (tertiary/aromatic N) is 2. The summed E-state index contributed by atoms with van der Waals surface area (Å²) in [7, 11) is 0. The summed E-state index contributed by atoms with van der Waals surface area (Å²) >= 11 is 0. The van der Waals surface area contributed by atoms with E-state index in [0.29, 0.717) is 22.7 Å². The molecule has 0 radical (unpaired) electrons. The van der Waals surface area contributed by atoms with E-state index in [9.17, 15) is 22.8 Å². The third-order valence-corrected chi connectivity index (χ3v) is 4.90. The first-order valence-electron chi connectivity index (χ1n) is 10.0. The van der Waals surface area contributed by atoms with Crippen LogP contribution in [0.4, 0.5) is 13.2 Å². The number of hydrogen-bond donors (Lipinski definition) is 2. The quantitative estimate of drug-likeness (QED) is 0.551. The lowest BCUT2D eigenvalue weighted by Crippen LogP contribution is -2.44. The number of aryl methyl sites for hydroxylation is 2. The number of hydrazine groups is 1. The molecule has 33 heavy (non-hydrogen) atoms. The van der Waals surface area contributed by atoms with Gasteiger partial charge in [0.15, 0.2) is 6.61 Å². The van der Waals surface area contributed by atoms with Crippen LogP contribution in [-0.4, -0.2) is 28.2 Å². The molecule has 0 aliphatic carbocycles. The normalized spacial score (nSPS) is 11.2. The summed E-state index contributed by atoms with van der Waals surface area (Å²) in [6, 6.07) is 12.0. The van der Waals surface area contributed by atoms with Gasteiger partial charge in [-0.1, -0.05) is 18.2 Å².